The standard InChI is InChI=1S/C22H35N3O/c26-21(24-22-11-14-6-15(12-22)8-16(7-14)13-22)23-17-9-19-2-1-3-20(10-17)25(19)18-4-5-18/h14-20H,1-13H2,(H2,23,24,26)/p+1/t14?,15?,16?,17?,19-,20+,22?. The number of quaternary nitrogens is 1. The molecule has 0 aromatic heterocycles. The minimum absolute atomic E-state index is 0.147. The number of carbonyl (C=O) groups is 1. The lowest BCUT2D eigenvalue weighted by Gasteiger charge is -2.57. The van der Waals surface area contributed by atoms with Crippen LogP contribution in [0.25, 0.3) is 0 Å². The van der Waals surface area contributed by atoms with Crippen LogP contribution in [0.4, 0.5) is 4.79 Å². The van der Waals surface area contributed by atoms with Gasteiger partial charge in [-0.3, -0.25) is 0 Å². The third-order valence-electron chi connectivity index (χ3n) is 8.99. The molecule has 7 fully saturated rings. The molecule has 7 aliphatic rings. The molecule has 0 radical (unpaired) electrons. The largest absolute Gasteiger partial charge is 0.335 e. The van der Waals surface area contributed by atoms with Gasteiger partial charge >= 0.3 is 6.03 Å². The average molecular weight is 359 g/mol. The summed E-state index contributed by atoms with van der Waals surface area (Å²) in [5.41, 5.74) is 0.147. The molecule has 4 heteroatoms. The Labute approximate surface area is 157 Å². The number of fused-ring (bicyclic) bond motifs is 2. The van der Waals surface area contributed by atoms with Crippen molar-refractivity contribution >= 4 is 6.03 Å². The Kier molecular flexibility index (Phi) is 3.65. The number of amides is 2. The van der Waals surface area contributed by atoms with Gasteiger partial charge in [0.2, 0.25) is 0 Å². The van der Waals surface area contributed by atoms with E-state index >= 15 is 0 Å². The molecule has 4 atom stereocenters. The molecular weight excluding hydrogens is 322 g/mol. The molecule has 6 bridgehead atoms. The summed E-state index contributed by atoms with van der Waals surface area (Å²) in [5.74, 6) is 2.68. The fourth-order valence-electron chi connectivity index (χ4n) is 8.50. The minimum atomic E-state index is 0.147. The zero-order valence-corrected chi connectivity index (χ0v) is 16.1. The Bertz CT molecular complexity index is 537. The number of hydrogen-bond acceptors (Lipinski definition) is 1. The number of nitrogens with one attached hydrogen (secondary N) is 3. The molecular formula is C22H36N3O+. The van der Waals surface area contributed by atoms with E-state index in [0.717, 1.165) is 35.9 Å². The second kappa shape index (κ2) is 5.86. The molecule has 0 aromatic rings. The van der Waals surface area contributed by atoms with Crippen LogP contribution in [0.1, 0.15) is 83.5 Å². The van der Waals surface area contributed by atoms with Crippen molar-refractivity contribution in [1.82, 2.24) is 10.6 Å². The van der Waals surface area contributed by atoms with Gasteiger partial charge in [0, 0.05) is 37.3 Å². The van der Waals surface area contributed by atoms with Gasteiger partial charge in [0.25, 0.3) is 0 Å². The zero-order valence-electron chi connectivity index (χ0n) is 16.1. The van der Waals surface area contributed by atoms with Crippen LogP contribution in [-0.4, -0.2) is 35.7 Å². The molecule has 26 heavy (non-hydrogen) atoms. The second-order valence-electron chi connectivity index (χ2n) is 11.1. The number of urea groups is 1. The summed E-state index contributed by atoms with van der Waals surface area (Å²) in [6, 6.07) is 3.18. The predicted molar refractivity (Wildman–Crippen MR) is 101 cm³/mol. The first-order valence-electron chi connectivity index (χ1n) is 11.6. The van der Waals surface area contributed by atoms with Gasteiger partial charge in [0.15, 0.2) is 0 Å². The van der Waals surface area contributed by atoms with E-state index in [1.54, 1.807) is 0 Å². The van der Waals surface area contributed by atoms with Crippen LogP contribution in [0.2, 0.25) is 0 Å². The van der Waals surface area contributed by atoms with Gasteiger partial charge in [0.05, 0.1) is 18.1 Å². The molecule has 0 aromatic carbocycles. The molecule has 5 aliphatic carbocycles. The number of rotatable bonds is 3. The van der Waals surface area contributed by atoms with E-state index in [9.17, 15) is 4.79 Å². The SMILES string of the molecule is O=C(NC1C[C@H]2CCC[C@@H](C1)[NH+]2C1CC1)NC12CC3CC(CC(C3)C1)C2. The summed E-state index contributed by atoms with van der Waals surface area (Å²) >= 11 is 0. The maximum atomic E-state index is 12.9. The van der Waals surface area contributed by atoms with E-state index in [1.807, 2.05) is 4.90 Å². The number of piperidine rings is 2. The van der Waals surface area contributed by atoms with E-state index in [4.69, 9.17) is 0 Å². The first-order valence-corrected chi connectivity index (χ1v) is 11.6. The molecule has 2 unspecified atom stereocenters. The molecule has 5 saturated carbocycles. The van der Waals surface area contributed by atoms with E-state index in [-0.39, 0.29) is 11.6 Å². The fraction of sp³-hybridized carbons (Fsp3) is 0.955. The molecule has 3 N–H and O–H groups in total. The van der Waals surface area contributed by atoms with Gasteiger partial charge < -0.3 is 15.5 Å². The first kappa shape index (κ1) is 16.2. The fourth-order valence-corrected chi connectivity index (χ4v) is 8.50. The molecule has 2 aliphatic heterocycles. The molecule has 2 amide bonds. The highest BCUT2D eigenvalue weighted by Gasteiger charge is 2.52. The summed E-state index contributed by atoms with van der Waals surface area (Å²) in [5, 5.41) is 6.97. The van der Waals surface area contributed by atoms with Crippen molar-refractivity contribution in [3.05, 3.63) is 0 Å². The maximum absolute atomic E-state index is 12.9. The highest BCUT2D eigenvalue weighted by molar-refractivity contribution is 5.75. The zero-order chi connectivity index (χ0) is 17.3. The van der Waals surface area contributed by atoms with Crippen LogP contribution in [0.3, 0.4) is 0 Å². The van der Waals surface area contributed by atoms with E-state index in [1.165, 1.54) is 83.5 Å². The van der Waals surface area contributed by atoms with Crippen molar-refractivity contribution in [3.8, 4) is 0 Å². The highest BCUT2D eigenvalue weighted by atomic mass is 16.2. The Morgan fingerprint density at radius 3 is 1.88 bits per heavy atom. The molecule has 144 valence electrons. The third-order valence-corrected chi connectivity index (χ3v) is 8.99. The summed E-state index contributed by atoms with van der Waals surface area (Å²) in [6.07, 6.45) is 17.6. The van der Waals surface area contributed by atoms with Crippen molar-refractivity contribution in [2.24, 2.45) is 17.8 Å². The normalized spacial score (nSPS) is 51.9. The van der Waals surface area contributed by atoms with Crippen molar-refractivity contribution < 1.29 is 9.69 Å². The topological polar surface area (TPSA) is 45.6 Å². The maximum Gasteiger partial charge on any atom is 0.315 e. The third kappa shape index (κ3) is 2.78. The number of carbonyl (C=O) groups excluding carboxylic acids is 1. The quantitative estimate of drug-likeness (QED) is 0.713. The molecule has 2 saturated heterocycles. The summed E-state index contributed by atoms with van der Waals surface area (Å²) in [6.45, 7) is 0. The Hall–Kier alpha value is -0.770. The molecule has 4 nitrogen and oxygen atoms in total. The Balaban J connectivity index is 1.09. The van der Waals surface area contributed by atoms with Gasteiger partial charge in [-0.1, -0.05) is 0 Å². The van der Waals surface area contributed by atoms with Crippen LogP contribution >= 0.6 is 0 Å². The lowest BCUT2D eigenvalue weighted by molar-refractivity contribution is -0.971. The van der Waals surface area contributed by atoms with Crippen molar-refractivity contribution in [3.63, 3.8) is 0 Å². The lowest BCUT2D eigenvalue weighted by atomic mass is 9.53. The predicted octanol–water partition coefficient (Wildman–Crippen LogP) is 2.39. The summed E-state index contributed by atoms with van der Waals surface area (Å²) in [7, 11) is 0. The van der Waals surface area contributed by atoms with Crippen molar-refractivity contribution in [1.29, 1.82) is 0 Å². The van der Waals surface area contributed by atoms with Gasteiger partial charge in [-0.15, -0.1) is 0 Å². The van der Waals surface area contributed by atoms with Crippen LogP contribution in [0.15, 0.2) is 0 Å². The average Bonchev–Trinajstić information content (AvgIpc) is 3.36. The van der Waals surface area contributed by atoms with Crippen LogP contribution in [-0.2, 0) is 0 Å². The summed E-state index contributed by atoms with van der Waals surface area (Å²) in [4.78, 5) is 14.8. The van der Waals surface area contributed by atoms with Crippen molar-refractivity contribution in [2.75, 3.05) is 0 Å². The second-order valence-corrected chi connectivity index (χ2v) is 11.1. The Morgan fingerprint density at radius 2 is 1.35 bits per heavy atom. The Morgan fingerprint density at radius 1 is 0.769 bits per heavy atom. The minimum Gasteiger partial charge on any atom is -0.335 e. The van der Waals surface area contributed by atoms with Crippen LogP contribution in [0, 0.1) is 17.8 Å². The van der Waals surface area contributed by atoms with Gasteiger partial charge in [0.1, 0.15) is 0 Å². The van der Waals surface area contributed by atoms with Gasteiger partial charge in [-0.05, 0) is 75.5 Å². The van der Waals surface area contributed by atoms with E-state index in [0.29, 0.717) is 6.04 Å². The lowest BCUT2D eigenvalue weighted by Crippen LogP contribution is -3.22. The van der Waals surface area contributed by atoms with Crippen LogP contribution < -0.4 is 15.5 Å². The molecule has 2 heterocycles. The monoisotopic (exact) mass is 358 g/mol. The van der Waals surface area contributed by atoms with Crippen molar-refractivity contribution in [2.45, 2.75) is 113 Å². The first-order chi connectivity index (χ1) is 12.7. The summed E-state index contributed by atoms with van der Waals surface area (Å²) < 4.78 is 0. The van der Waals surface area contributed by atoms with Gasteiger partial charge in [-0.2, -0.15) is 0 Å². The van der Waals surface area contributed by atoms with Crippen LogP contribution in [0.5, 0.6) is 0 Å². The van der Waals surface area contributed by atoms with E-state index < -0.39 is 0 Å². The molecule has 7 rings (SSSR count). The number of hydrogen-bond donors (Lipinski definition) is 3. The molecule has 0 spiro atoms. The van der Waals surface area contributed by atoms with Gasteiger partial charge in [-0.25, -0.2) is 4.79 Å². The highest BCUT2D eigenvalue weighted by Crippen LogP contribution is 2.55. The van der Waals surface area contributed by atoms with E-state index in [2.05, 4.69) is 10.6 Å². The smallest absolute Gasteiger partial charge is 0.315 e.